The zero-order valence-electron chi connectivity index (χ0n) is 9.99. The highest BCUT2D eigenvalue weighted by Gasteiger charge is 2.28. The molecule has 3 heteroatoms. The Bertz CT molecular complexity index is 236. The molecule has 0 amide bonds. The van der Waals surface area contributed by atoms with Gasteiger partial charge in [-0.15, -0.1) is 0 Å². The standard InChI is InChI=1S/C13H23NO2/c14-11-6-4-5-10(9-11)13(15)16-12-7-2-1-3-8-12/h10-12H,1-9,14H2. The lowest BCUT2D eigenvalue weighted by Crippen LogP contribution is -2.34. The summed E-state index contributed by atoms with van der Waals surface area (Å²) in [7, 11) is 0. The van der Waals surface area contributed by atoms with Gasteiger partial charge in [-0.3, -0.25) is 4.79 Å². The molecule has 0 heterocycles. The van der Waals surface area contributed by atoms with E-state index in [1.165, 1.54) is 19.3 Å². The van der Waals surface area contributed by atoms with E-state index in [0.717, 1.165) is 38.5 Å². The number of ether oxygens (including phenoxy) is 1. The van der Waals surface area contributed by atoms with E-state index in [1.807, 2.05) is 0 Å². The van der Waals surface area contributed by atoms with E-state index in [0.29, 0.717) is 0 Å². The van der Waals surface area contributed by atoms with E-state index in [1.54, 1.807) is 0 Å². The molecule has 2 rings (SSSR count). The van der Waals surface area contributed by atoms with Crippen molar-refractivity contribution in [3.8, 4) is 0 Å². The Labute approximate surface area is 97.7 Å². The largest absolute Gasteiger partial charge is 0.462 e. The zero-order chi connectivity index (χ0) is 11.4. The molecule has 0 radical (unpaired) electrons. The fourth-order valence-electron chi connectivity index (χ4n) is 2.89. The van der Waals surface area contributed by atoms with E-state index >= 15 is 0 Å². The summed E-state index contributed by atoms with van der Waals surface area (Å²) in [5.74, 6) is 0.0905. The second-order valence-electron chi connectivity index (χ2n) is 5.32. The van der Waals surface area contributed by atoms with E-state index in [-0.39, 0.29) is 24.0 Å². The molecule has 2 fully saturated rings. The molecule has 2 atom stereocenters. The van der Waals surface area contributed by atoms with Gasteiger partial charge in [0.1, 0.15) is 6.10 Å². The molecule has 0 aromatic heterocycles. The molecule has 92 valence electrons. The molecule has 16 heavy (non-hydrogen) atoms. The summed E-state index contributed by atoms with van der Waals surface area (Å²) in [5, 5.41) is 0. The molecule has 2 unspecified atom stereocenters. The third-order valence-electron chi connectivity index (χ3n) is 3.88. The quantitative estimate of drug-likeness (QED) is 0.734. The van der Waals surface area contributed by atoms with Gasteiger partial charge in [0.15, 0.2) is 0 Å². The lowest BCUT2D eigenvalue weighted by molar-refractivity contribution is -0.156. The van der Waals surface area contributed by atoms with Gasteiger partial charge < -0.3 is 10.5 Å². The predicted octanol–water partition coefficient (Wildman–Crippen LogP) is 2.38. The summed E-state index contributed by atoms with van der Waals surface area (Å²) in [6.45, 7) is 0. The fraction of sp³-hybridized carbons (Fsp3) is 0.923. The van der Waals surface area contributed by atoms with Crippen molar-refractivity contribution in [2.24, 2.45) is 11.7 Å². The van der Waals surface area contributed by atoms with Crippen LogP contribution < -0.4 is 5.73 Å². The summed E-state index contributed by atoms with van der Waals surface area (Å²) >= 11 is 0. The molecular formula is C13H23NO2. The predicted molar refractivity (Wildman–Crippen MR) is 62.9 cm³/mol. The van der Waals surface area contributed by atoms with Crippen molar-refractivity contribution in [3.05, 3.63) is 0 Å². The lowest BCUT2D eigenvalue weighted by Gasteiger charge is -2.28. The summed E-state index contributed by atoms with van der Waals surface area (Å²) in [4.78, 5) is 11.9. The summed E-state index contributed by atoms with van der Waals surface area (Å²) in [6.07, 6.45) is 9.96. The molecule has 0 bridgehead atoms. The summed E-state index contributed by atoms with van der Waals surface area (Å²) in [6, 6.07) is 0.206. The molecular weight excluding hydrogens is 202 g/mol. The van der Waals surface area contributed by atoms with Gasteiger partial charge in [0.25, 0.3) is 0 Å². The SMILES string of the molecule is NC1CCCC(C(=O)OC2CCCCC2)C1. The zero-order valence-corrected chi connectivity index (χ0v) is 9.99. The molecule has 0 aromatic carbocycles. The first-order chi connectivity index (χ1) is 7.75. The van der Waals surface area contributed by atoms with Crippen LogP contribution in [-0.4, -0.2) is 18.1 Å². The highest BCUT2D eigenvalue weighted by atomic mass is 16.5. The van der Waals surface area contributed by atoms with Crippen LogP contribution >= 0.6 is 0 Å². The van der Waals surface area contributed by atoms with Crippen LogP contribution in [0.3, 0.4) is 0 Å². The number of hydrogen-bond donors (Lipinski definition) is 1. The van der Waals surface area contributed by atoms with E-state index in [9.17, 15) is 4.79 Å². The molecule has 0 aromatic rings. The average Bonchev–Trinajstić information content (AvgIpc) is 2.30. The van der Waals surface area contributed by atoms with E-state index in [2.05, 4.69) is 0 Å². The fourth-order valence-corrected chi connectivity index (χ4v) is 2.89. The Morgan fingerprint density at radius 1 is 1.00 bits per heavy atom. The minimum absolute atomic E-state index is 0.0158. The van der Waals surface area contributed by atoms with Gasteiger partial charge in [0.2, 0.25) is 0 Å². The first-order valence-electron chi connectivity index (χ1n) is 6.72. The number of carbonyl (C=O) groups is 1. The average molecular weight is 225 g/mol. The maximum atomic E-state index is 11.9. The van der Waals surface area contributed by atoms with Crippen molar-refractivity contribution in [3.63, 3.8) is 0 Å². The molecule has 2 N–H and O–H groups in total. The van der Waals surface area contributed by atoms with Crippen molar-refractivity contribution in [1.82, 2.24) is 0 Å². The van der Waals surface area contributed by atoms with Crippen LogP contribution in [0.5, 0.6) is 0 Å². The minimum atomic E-state index is 0.0158. The monoisotopic (exact) mass is 225 g/mol. The van der Waals surface area contributed by atoms with Crippen molar-refractivity contribution in [2.45, 2.75) is 69.9 Å². The van der Waals surface area contributed by atoms with Crippen LogP contribution in [0.25, 0.3) is 0 Å². The van der Waals surface area contributed by atoms with Crippen molar-refractivity contribution in [1.29, 1.82) is 0 Å². The molecule has 0 aliphatic heterocycles. The van der Waals surface area contributed by atoms with Gasteiger partial charge in [-0.2, -0.15) is 0 Å². The topological polar surface area (TPSA) is 52.3 Å². The maximum Gasteiger partial charge on any atom is 0.309 e. The second-order valence-corrected chi connectivity index (χ2v) is 5.32. The number of esters is 1. The lowest BCUT2D eigenvalue weighted by atomic mass is 9.86. The van der Waals surface area contributed by atoms with Gasteiger partial charge in [-0.1, -0.05) is 12.8 Å². The molecule has 2 aliphatic rings. The Kier molecular flexibility index (Phi) is 4.22. The molecule has 0 spiro atoms. The van der Waals surface area contributed by atoms with Crippen LogP contribution in [0.2, 0.25) is 0 Å². The Balaban J connectivity index is 1.77. The van der Waals surface area contributed by atoms with Gasteiger partial charge in [-0.25, -0.2) is 0 Å². The van der Waals surface area contributed by atoms with Gasteiger partial charge in [-0.05, 0) is 44.9 Å². The van der Waals surface area contributed by atoms with Gasteiger partial charge in [0, 0.05) is 6.04 Å². The second kappa shape index (κ2) is 5.67. The Morgan fingerprint density at radius 2 is 1.75 bits per heavy atom. The van der Waals surface area contributed by atoms with Crippen molar-refractivity contribution in [2.75, 3.05) is 0 Å². The molecule has 3 nitrogen and oxygen atoms in total. The third kappa shape index (κ3) is 3.21. The van der Waals surface area contributed by atoms with Gasteiger partial charge in [0.05, 0.1) is 5.92 Å². The third-order valence-corrected chi connectivity index (χ3v) is 3.88. The molecule has 0 saturated heterocycles. The van der Waals surface area contributed by atoms with Crippen molar-refractivity contribution < 1.29 is 9.53 Å². The van der Waals surface area contributed by atoms with E-state index in [4.69, 9.17) is 10.5 Å². The number of hydrogen-bond acceptors (Lipinski definition) is 3. The maximum absolute atomic E-state index is 11.9. The van der Waals surface area contributed by atoms with Gasteiger partial charge >= 0.3 is 5.97 Å². The Hall–Kier alpha value is -0.570. The molecule has 2 saturated carbocycles. The van der Waals surface area contributed by atoms with Crippen molar-refractivity contribution >= 4 is 5.97 Å². The van der Waals surface area contributed by atoms with Crippen LogP contribution in [0.4, 0.5) is 0 Å². The number of carbonyl (C=O) groups excluding carboxylic acids is 1. The molecule has 2 aliphatic carbocycles. The highest BCUT2D eigenvalue weighted by Crippen LogP contribution is 2.27. The van der Waals surface area contributed by atoms with E-state index < -0.39 is 0 Å². The number of rotatable bonds is 2. The van der Waals surface area contributed by atoms with Crippen LogP contribution in [-0.2, 0) is 9.53 Å². The van der Waals surface area contributed by atoms with Crippen LogP contribution in [0, 0.1) is 5.92 Å². The normalized spacial score (nSPS) is 32.3. The number of nitrogens with two attached hydrogens (primary N) is 1. The summed E-state index contributed by atoms with van der Waals surface area (Å²) in [5.41, 5.74) is 5.89. The Morgan fingerprint density at radius 3 is 2.44 bits per heavy atom. The van der Waals surface area contributed by atoms with Crippen LogP contribution in [0.1, 0.15) is 57.8 Å². The summed E-state index contributed by atoms with van der Waals surface area (Å²) < 4.78 is 5.58. The minimum Gasteiger partial charge on any atom is -0.462 e. The first kappa shape index (κ1) is 11.9. The highest BCUT2D eigenvalue weighted by molar-refractivity contribution is 5.72. The van der Waals surface area contributed by atoms with Crippen LogP contribution in [0.15, 0.2) is 0 Å². The smallest absolute Gasteiger partial charge is 0.309 e. The first-order valence-corrected chi connectivity index (χ1v) is 6.72.